The molecule has 4 aliphatic rings. The van der Waals surface area contributed by atoms with Crippen LogP contribution in [0.15, 0.2) is 246 Å². The first kappa shape index (κ1) is 59.9. The van der Waals surface area contributed by atoms with Crippen LogP contribution in [-0.4, -0.2) is 94.5 Å². The molecule has 1 aliphatic carbocycles. The Balaban J connectivity index is 0.859. The number of phenols is 2. The third-order valence-electron chi connectivity index (χ3n) is 17.3. The van der Waals surface area contributed by atoms with Crippen LogP contribution in [0.4, 0.5) is 5.13 Å². The average Bonchev–Trinajstić information content (AvgIpc) is 0.985. The number of β-lactam (4-membered cyclic amide) rings is 1. The first-order valence-electron chi connectivity index (χ1n) is 30.2. The van der Waals surface area contributed by atoms with Crippen molar-refractivity contribution >= 4 is 56.7 Å². The lowest BCUT2D eigenvalue weighted by Crippen LogP contribution is -2.74. The highest BCUT2D eigenvalue weighted by Crippen LogP contribution is 2.43. The summed E-state index contributed by atoms with van der Waals surface area (Å²) in [5.74, 6) is -3.81. The molecule has 0 bridgehead atoms. The number of anilines is 1. The first-order chi connectivity index (χ1) is 44.5. The van der Waals surface area contributed by atoms with E-state index < -0.39 is 69.3 Å². The molecule has 2 fully saturated rings. The molecule has 3 atom stereocenters. The number of rotatable bonds is 20. The highest BCUT2D eigenvalue weighted by atomic mass is 32.2. The van der Waals surface area contributed by atoms with Crippen molar-refractivity contribution < 1.29 is 47.9 Å². The largest absolute Gasteiger partial charge is 0.504 e. The highest BCUT2D eigenvalue weighted by molar-refractivity contribution is 7.86. The number of hydrogen-bond acceptors (Lipinski definition) is 15. The molecule has 2 unspecified atom stereocenters. The molecule has 91 heavy (non-hydrogen) atoms. The molecule has 2 amide bonds. The number of carbonyl (C=O) groups excluding carboxylic acids is 4. The number of benzene rings is 8. The van der Waals surface area contributed by atoms with E-state index in [2.05, 4.69) is 15.8 Å². The van der Waals surface area contributed by atoms with E-state index in [0.29, 0.717) is 54.2 Å². The molecule has 18 heteroatoms. The van der Waals surface area contributed by atoms with Crippen LogP contribution in [0.2, 0.25) is 0 Å². The maximum absolute atomic E-state index is 15.5. The summed E-state index contributed by atoms with van der Waals surface area (Å²) in [4.78, 5) is 75.6. The van der Waals surface area contributed by atoms with E-state index >= 15 is 14.4 Å². The number of carbonyl (C=O) groups is 4. The van der Waals surface area contributed by atoms with Gasteiger partial charge in [0.05, 0.1) is 16.6 Å². The lowest BCUT2D eigenvalue weighted by Gasteiger charge is -2.49. The number of amides is 2. The third-order valence-corrected chi connectivity index (χ3v) is 19.7. The number of oxime groups is 1. The Hall–Kier alpha value is -10.0. The molecule has 458 valence electrons. The van der Waals surface area contributed by atoms with E-state index in [0.717, 1.165) is 38.9 Å². The zero-order valence-electron chi connectivity index (χ0n) is 49.4. The predicted molar refractivity (Wildman–Crippen MR) is 347 cm³/mol. The van der Waals surface area contributed by atoms with Crippen molar-refractivity contribution in [2.45, 2.75) is 73.4 Å². The normalized spacial score (nSPS) is 18.0. The van der Waals surface area contributed by atoms with Gasteiger partial charge in [0.1, 0.15) is 28.3 Å². The second-order valence-corrected chi connectivity index (χ2v) is 25.4. The maximum atomic E-state index is 15.5. The number of thiazole rings is 1. The van der Waals surface area contributed by atoms with Gasteiger partial charge in [-0.2, -0.15) is 0 Å². The van der Waals surface area contributed by atoms with Crippen LogP contribution in [-0.2, 0) is 62.8 Å². The van der Waals surface area contributed by atoms with E-state index in [1.54, 1.807) is 11.4 Å². The van der Waals surface area contributed by atoms with Gasteiger partial charge in [-0.3, -0.25) is 23.6 Å². The molecule has 1 saturated carbocycles. The summed E-state index contributed by atoms with van der Waals surface area (Å²) >= 11 is 1.21. The Morgan fingerprint density at radius 2 is 1.14 bits per heavy atom. The molecule has 9 aromatic rings. The van der Waals surface area contributed by atoms with E-state index in [1.807, 2.05) is 217 Å². The van der Waals surface area contributed by atoms with Crippen LogP contribution in [0.1, 0.15) is 93.7 Å². The maximum Gasteiger partial charge on any atom is 0.356 e. The van der Waals surface area contributed by atoms with Gasteiger partial charge in [0.2, 0.25) is 5.60 Å². The molecule has 0 radical (unpaired) electrons. The minimum absolute atomic E-state index is 0.0420. The Morgan fingerprint density at radius 3 is 1.65 bits per heavy atom. The van der Waals surface area contributed by atoms with Gasteiger partial charge in [-0.1, -0.05) is 217 Å². The van der Waals surface area contributed by atoms with Gasteiger partial charge in [-0.15, -0.1) is 11.3 Å². The van der Waals surface area contributed by atoms with Gasteiger partial charge in [0, 0.05) is 37.9 Å². The zero-order chi connectivity index (χ0) is 62.5. The summed E-state index contributed by atoms with van der Waals surface area (Å²) in [5.41, 5.74) is 4.45. The number of ether oxygens (including phenoxy) is 2. The number of esters is 2. The number of fused-ring (bicyclic) bond motifs is 2. The molecule has 1 aromatic heterocycles. The van der Waals surface area contributed by atoms with Crippen LogP contribution in [0.3, 0.4) is 0 Å². The molecular weight excluding hydrogens is 1180 g/mol. The molecule has 13 rings (SSSR count). The fraction of sp³-hybridized carbons (Fsp3) is 0.205. The molecule has 16 nitrogen and oxygen atoms in total. The van der Waals surface area contributed by atoms with Gasteiger partial charge < -0.3 is 35.2 Å². The molecule has 4 heterocycles. The average molecular weight is 1250 g/mol. The first-order valence-corrected chi connectivity index (χ1v) is 32.5. The van der Waals surface area contributed by atoms with Crippen LogP contribution in [0.25, 0.3) is 0 Å². The van der Waals surface area contributed by atoms with Gasteiger partial charge in [-0.05, 0) is 87.0 Å². The lowest BCUT2D eigenvalue weighted by molar-refractivity contribution is -0.176. The monoisotopic (exact) mass is 1250 g/mol. The number of nitrogens with one attached hydrogen (secondary N) is 2. The lowest BCUT2D eigenvalue weighted by atomic mass is 9.77. The molecular formula is C73H64N6O10S2. The van der Waals surface area contributed by atoms with Crippen molar-refractivity contribution in [3.8, 4) is 11.5 Å². The molecule has 4 N–H and O–H groups in total. The number of aromatic hydroxyl groups is 2. The Bertz CT molecular complexity index is 4020. The summed E-state index contributed by atoms with van der Waals surface area (Å²) in [6.07, 6.45) is 0.411. The summed E-state index contributed by atoms with van der Waals surface area (Å²) < 4.78 is 27.9. The van der Waals surface area contributed by atoms with Crippen molar-refractivity contribution in [3.05, 3.63) is 297 Å². The standard InChI is InChI=1S/C73H64N6O10S2/c80-59-42-52-38-41-78(44-53(52)43-60(59)81)45-54-47-91(86)68-62(67(83)79(68)63(54)69(84)87-64(48-24-8-1-9-25-48)49-26-10-2-11-27-49)75-66(82)61(77-89-72(39-22-23-40-72)70(85)88-65(50-28-12-3-13-29-50)51-30-14-4-15-31-51)58-46-90-71(74-58)76-73(55-32-16-5-17-33-55,56-34-18-6-19-35-56)57-36-20-7-21-37-57/h1-21,24-37,42-43,46,62,64-65,68,80-81H,22-23,38-41,44-45,47H2,(H,74,76)(H,75,82)/b77-61-/t62?,68-,91?/m1/s1. The second-order valence-electron chi connectivity index (χ2n) is 23.1. The predicted octanol–water partition coefficient (Wildman–Crippen LogP) is 11.4. The van der Waals surface area contributed by atoms with Crippen molar-refractivity contribution in [2.75, 3.05) is 24.2 Å². The number of hydrogen-bond donors (Lipinski definition) is 4. The van der Waals surface area contributed by atoms with Gasteiger partial charge in [0.15, 0.2) is 34.6 Å². The van der Waals surface area contributed by atoms with Crippen molar-refractivity contribution in [3.63, 3.8) is 0 Å². The minimum Gasteiger partial charge on any atom is -0.504 e. The zero-order valence-corrected chi connectivity index (χ0v) is 51.0. The smallest absolute Gasteiger partial charge is 0.356 e. The van der Waals surface area contributed by atoms with E-state index in [1.165, 1.54) is 22.3 Å². The van der Waals surface area contributed by atoms with Gasteiger partial charge in [0.25, 0.3) is 11.8 Å². The molecule has 8 aromatic carbocycles. The Labute approximate surface area is 532 Å². The molecule has 0 spiro atoms. The topological polar surface area (TPSA) is 209 Å². The van der Waals surface area contributed by atoms with Crippen molar-refractivity contribution in [1.29, 1.82) is 0 Å². The molecule has 1 saturated heterocycles. The summed E-state index contributed by atoms with van der Waals surface area (Å²) in [7, 11) is -1.91. The molecule has 3 aliphatic heterocycles. The fourth-order valence-electron chi connectivity index (χ4n) is 12.8. The van der Waals surface area contributed by atoms with E-state index in [4.69, 9.17) is 19.3 Å². The van der Waals surface area contributed by atoms with Gasteiger partial charge >= 0.3 is 11.9 Å². The van der Waals surface area contributed by atoms with Crippen LogP contribution in [0, 0.1) is 0 Å². The number of aromatic nitrogens is 1. The fourth-order valence-corrected chi connectivity index (χ4v) is 15.2. The van der Waals surface area contributed by atoms with E-state index in [-0.39, 0.29) is 53.7 Å². The van der Waals surface area contributed by atoms with Crippen molar-refractivity contribution in [1.82, 2.24) is 20.1 Å². The minimum atomic E-state index is -1.91. The second kappa shape index (κ2) is 26.2. The van der Waals surface area contributed by atoms with Crippen LogP contribution >= 0.6 is 11.3 Å². The third kappa shape index (κ3) is 12.2. The van der Waals surface area contributed by atoms with Crippen LogP contribution in [0.5, 0.6) is 11.5 Å². The Morgan fingerprint density at radius 1 is 0.670 bits per heavy atom. The number of phenolic OH excluding ortho intramolecular Hbond substituents is 2. The number of nitrogens with zero attached hydrogens (tertiary/aromatic N) is 4. The van der Waals surface area contributed by atoms with E-state index in [9.17, 15) is 19.2 Å². The van der Waals surface area contributed by atoms with Crippen molar-refractivity contribution in [2.24, 2.45) is 5.16 Å². The van der Waals surface area contributed by atoms with Crippen LogP contribution < -0.4 is 10.6 Å². The highest BCUT2D eigenvalue weighted by Gasteiger charge is 2.58. The summed E-state index contributed by atoms with van der Waals surface area (Å²) in [6.45, 7) is 0.895. The van der Waals surface area contributed by atoms with Gasteiger partial charge in [-0.25, -0.2) is 14.6 Å². The summed E-state index contributed by atoms with van der Waals surface area (Å²) in [6, 6.07) is 68.7. The Kier molecular flexibility index (Phi) is 17.3. The summed E-state index contributed by atoms with van der Waals surface area (Å²) in [5, 5.41) is 32.8. The SMILES string of the molecule is O=C(OC(c1ccccc1)c1ccccc1)C1=C(CN2CCc3cc(O)c(O)cc3C2)CS(=O)[C@@H]2C(NC(=O)/C(=N\OC3(C(=O)OC(c4ccccc4)c4ccccc4)CCCC3)c3csc(NC(c4ccccc4)(c4ccccc4)c4ccccc4)n3)C(=O)N12. The quantitative estimate of drug-likeness (QED) is 0.0140.